The van der Waals surface area contributed by atoms with E-state index in [1.807, 2.05) is 0 Å². The van der Waals surface area contributed by atoms with Crippen molar-refractivity contribution in [2.75, 3.05) is 19.7 Å². The highest BCUT2D eigenvalue weighted by atomic mass is 16.5. The lowest BCUT2D eigenvalue weighted by molar-refractivity contribution is -0.342. The van der Waals surface area contributed by atoms with Crippen molar-refractivity contribution in [2.45, 2.75) is 70.1 Å². The average Bonchev–Trinajstić information content (AvgIpc) is 3.05. The molecule has 2 N–H and O–H groups in total. The number of carbonyl (C=O) groups is 1. The number of hydrogen-bond acceptors (Lipinski definition) is 5. The molecule has 0 radical (unpaired) electrons. The molecule has 6 fully saturated rings. The SMILES string of the molecule is CC1CN2CC3CCC4CCC(O)C4C45CCC(=O)OCC34CCC1C25O. The van der Waals surface area contributed by atoms with Crippen LogP contribution in [0.2, 0.25) is 0 Å². The number of carbonyl (C=O) groups excluding carboxylic acids is 1. The van der Waals surface area contributed by atoms with Crippen molar-refractivity contribution in [3.05, 3.63) is 0 Å². The highest BCUT2D eigenvalue weighted by Crippen LogP contribution is 2.77. The van der Waals surface area contributed by atoms with Gasteiger partial charge < -0.3 is 14.9 Å². The molecule has 4 bridgehead atoms. The van der Waals surface area contributed by atoms with Crippen LogP contribution < -0.4 is 0 Å². The molecule has 9 unspecified atom stereocenters. The molecule has 27 heavy (non-hydrogen) atoms. The summed E-state index contributed by atoms with van der Waals surface area (Å²) in [5.74, 6) is 1.68. The molecule has 3 aliphatic heterocycles. The summed E-state index contributed by atoms with van der Waals surface area (Å²) in [5, 5.41) is 23.8. The maximum Gasteiger partial charge on any atom is 0.305 e. The maximum atomic E-state index is 12.6. The van der Waals surface area contributed by atoms with E-state index < -0.39 is 11.1 Å². The van der Waals surface area contributed by atoms with E-state index in [1.165, 1.54) is 0 Å². The first-order valence-electron chi connectivity index (χ1n) is 11.3. The Bertz CT molecular complexity index is 683. The van der Waals surface area contributed by atoms with Crippen LogP contribution in [0.4, 0.5) is 0 Å². The van der Waals surface area contributed by atoms with Crippen molar-refractivity contribution in [3.8, 4) is 0 Å². The number of hydrogen-bond donors (Lipinski definition) is 2. The van der Waals surface area contributed by atoms with E-state index >= 15 is 0 Å². The minimum absolute atomic E-state index is 0.105. The Labute approximate surface area is 161 Å². The predicted molar refractivity (Wildman–Crippen MR) is 98.4 cm³/mol. The standard InChI is InChI=1S/C22H33NO4/c1-13-10-23-11-15-4-2-14-3-5-17(24)19(14)21-9-7-18(25)27-12-20(15,21)8-6-16(13)22(21,23)26/h13-17,19,24,26H,2-12H2,1H3. The van der Waals surface area contributed by atoms with Gasteiger partial charge in [0.05, 0.1) is 12.7 Å². The average molecular weight is 376 g/mol. The zero-order valence-electron chi connectivity index (χ0n) is 16.4. The fraction of sp³-hybridized carbons (Fsp3) is 0.955. The molecular formula is C22H33NO4. The Morgan fingerprint density at radius 1 is 1.11 bits per heavy atom. The van der Waals surface area contributed by atoms with Gasteiger partial charge in [0.2, 0.25) is 0 Å². The Morgan fingerprint density at radius 3 is 2.78 bits per heavy atom. The normalized spacial score (nSPS) is 59.4. The topological polar surface area (TPSA) is 70.0 Å². The third-order valence-electron chi connectivity index (χ3n) is 10.3. The van der Waals surface area contributed by atoms with Crippen LogP contribution >= 0.6 is 0 Å². The first-order chi connectivity index (χ1) is 12.9. The van der Waals surface area contributed by atoms with Crippen molar-refractivity contribution < 1.29 is 19.7 Å². The van der Waals surface area contributed by atoms with Crippen LogP contribution in [0.5, 0.6) is 0 Å². The van der Waals surface area contributed by atoms with Gasteiger partial charge in [0.25, 0.3) is 0 Å². The second kappa shape index (κ2) is 5.28. The lowest BCUT2D eigenvalue weighted by atomic mass is 9.39. The van der Waals surface area contributed by atoms with Crippen LogP contribution in [0.25, 0.3) is 0 Å². The third-order valence-corrected chi connectivity index (χ3v) is 10.3. The predicted octanol–water partition coefficient (Wildman–Crippen LogP) is 2.16. The quantitative estimate of drug-likeness (QED) is 0.635. The highest BCUT2D eigenvalue weighted by molar-refractivity contribution is 5.70. The molecule has 3 heterocycles. The number of nitrogens with zero attached hydrogens (tertiary/aromatic N) is 1. The summed E-state index contributed by atoms with van der Waals surface area (Å²) in [7, 11) is 0. The van der Waals surface area contributed by atoms with E-state index in [4.69, 9.17) is 4.74 Å². The summed E-state index contributed by atoms with van der Waals surface area (Å²) in [5.41, 5.74) is -1.44. The van der Waals surface area contributed by atoms with Gasteiger partial charge >= 0.3 is 5.97 Å². The van der Waals surface area contributed by atoms with Crippen LogP contribution in [-0.2, 0) is 9.53 Å². The number of ether oxygens (including phenoxy) is 1. The molecule has 6 aliphatic rings. The van der Waals surface area contributed by atoms with Gasteiger partial charge in [0.1, 0.15) is 5.72 Å². The summed E-state index contributed by atoms with van der Waals surface area (Å²) < 4.78 is 5.83. The van der Waals surface area contributed by atoms with Gasteiger partial charge in [-0.15, -0.1) is 0 Å². The number of aliphatic hydroxyl groups is 2. The second-order valence-electron chi connectivity index (χ2n) is 10.7. The summed E-state index contributed by atoms with van der Waals surface area (Å²) in [4.78, 5) is 14.8. The van der Waals surface area contributed by atoms with Gasteiger partial charge in [-0.05, 0) is 68.6 Å². The molecular weight excluding hydrogens is 342 g/mol. The Morgan fingerprint density at radius 2 is 1.93 bits per heavy atom. The number of piperidine rings is 1. The molecule has 150 valence electrons. The minimum atomic E-state index is -0.881. The fourth-order valence-electron chi connectivity index (χ4n) is 9.54. The molecule has 0 aromatic rings. The number of fused-ring (bicyclic) bond motifs is 1. The molecule has 3 saturated heterocycles. The summed E-state index contributed by atoms with van der Waals surface area (Å²) in [6, 6.07) is 0. The van der Waals surface area contributed by atoms with Gasteiger partial charge in [-0.1, -0.05) is 6.92 Å². The van der Waals surface area contributed by atoms with Crippen LogP contribution in [0.1, 0.15) is 58.3 Å². The van der Waals surface area contributed by atoms with Crippen molar-refractivity contribution >= 4 is 5.97 Å². The van der Waals surface area contributed by atoms with E-state index in [1.54, 1.807) is 0 Å². The first-order valence-corrected chi connectivity index (χ1v) is 11.3. The Hall–Kier alpha value is -0.650. The van der Waals surface area contributed by atoms with Crippen molar-refractivity contribution in [1.29, 1.82) is 0 Å². The molecule has 5 heteroatoms. The van der Waals surface area contributed by atoms with E-state index in [-0.39, 0.29) is 29.3 Å². The second-order valence-corrected chi connectivity index (χ2v) is 10.7. The van der Waals surface area contributed by atoms with Gasteiger partial charge in [0, 0.05) is 36.3 Å². The largest absolute Gasteiger partial charge is 0.465 e. The molecule has 9 atom stereocenters. The summed E-state index contributed by atoms with van der Waals surface area (Å²) in [6.07, 6.45) is 7.04. The van der Waals surface area contributed by atoms with Gasteiger partial charge in [0.15, 0.2) is 0 Å². The smallest absolute Gasteiger partial charge is 0.305 e. The van der Waals surface area contributed by atoms with E-state index in [0.29, 0.717) is 37.2 Å². The van der Waals surface area contributed by atoms with E-state index in [2.05, 4.69) is 11.8 Å². The molecule has 3 saturated carbocycles. The monoisotopic (exact) mass is 375 g/mol. The van der Waals surface area contributed by atoms with Crippen molar-refractivity contribution in [2.24, 2.45) is 40.4 Å². The maximum absolute atomic E-state index is 12.6. The number of cyclic esters (lactones) is 1. The first kappa shape index (κ1) is 17.2. The zero-order chi connectivity index (χ0) is 18.6. The lowest BCUT2D eigenvalue weighted by Gasteiger charge is -2.71. The van der Waals surface area contributed by atoms with E-state index in [0.717, 1.165) is 51.6 Å². The summed E-state index contributed by atoms with van der Waals surface area (Å²) >= 11 is 0. The summed E-state index contributed by atoms with van der Waals surface area (Å²) in [6.45, 7) is 4.65. The van der Waals surface area contributed by atoms with Gasteiger partial charge in [-0.2, -0.15) is 0 Å². The van der Waals surface area contributed by atoms with Crippen LogP contribution in [0.3, 0.4) is 0 Å². The molecule has 0 amide bonds. The molecule has 5 nitrogen and oxygen atoms in total. The Balaban J connectivity index is 1.65. The molecule has 0 aromatic heterocycles. The molecule has 3 aliphatic carbocycles. The Kier molecular flexibility index (Phi) is 3.37. The lowest BCUT2D eigenvalue weighted by Crippen LogP contribution is -2.78. The van der Waals surface area contributed by atoms with Crippen LogP contribution in [0, 0.1) is 40.4 Å². The minimum Gasteiger partial charge on any atom is -0.465 e. The van der Waals surface area contributed by atoms with Gasteiger partial charge in [-0.25, -0.2) is 0 Å². The van der Waals surface area contributed by atoms with Crippen molar-refractivity contribution in [3.63, 3.8) is 0 Å². The van der Waals surface area contributed by atoms with Crippen LogP contribution in [-0.4, -0.2) is 52.6 Å². The highest BCUT2D eigenvalue weighted by Gasteiger charge is 2.81. The molecule has 0 spiro atoms. The van der Waals surface area contributed by atoms with Gasteiger partial charge in [-0.3, -0.25) is 9.69 Å². The third kappa shape index (κ3) is 1.73. The molecule has 6 rings (SSSR count). The zero-order valence-corrected chi connectivity index (χ0v) is 16.4. The van der Waals surface area contributed by atoms with E-state index in [9.17, 15) is 15.0 Å². The number of aliphatic hydroxyl groups excluding tert-OH is 1. The number of esters is 1. The number of rotatable bonds is 0. The van der Waals surface area contributed by atoms with Crippen molar-refractivity contribution in [1.82, 2.24) is 4.90 Å². The molecule has 0 aromatic carbocycles. The van der Waals surface area contributed by atoms with Crippen LogP contribution in [0.15, 0.2) is 0 Å². The fourth-order valence-corrected chi connectivity index (χ4v) is 9.54.